The lowest BCUT2D eigenvalue weighted by atomic mass is 9.79. The van der Waals surface area contributed by atoms with E-state index in [4.69, 9.17) is 9.47 Å². The fourth-order valence-electron chi connectivity index (χ4n) is 2.04. The fraction of sp³-hybridized carbons (Fsp3) is 0.533. The minimum absolute atomic E-state index is 0.0639. The molecule has 0 spiro atoms. The van der Waals surface area contributed by atoms with Gasteiger partial charge < -0.3 is 9.47 Å². The molecule has 1 aromatic heterocycles. The Morgan fingerprint density at radius 1 is 1.14 bits per heavy atom. The number of nitrogens with zero attached hydrogens (tertiary/aromatic N) is 1. The summed E-state index contributed by atoms with van der Waals surface area (Å²) in [5.74, 6) is -1.88. The van der Waals surface area contributed by atoms with Gasteiger partial charge in [0.2, 0.25) is 5.95 Å². The molecule has 1 rings (SSSR count). The van der Waals surface area contributed by atoms with Crippen molar-refractivity contribution in [3.63, 3.8) is 0 Å². The number of halogens is 1. The monoisotopic (exact) mass is 297 g/mol. The second kappa shape index (κ2) is 7.71. The van der Waals surface area contributed by atoms with E-state index < -0.39 is 23.3 Å². The smallest absolute Gasteiger partial charge is 0.323 e. The third-order valence-electron chi connectivity index (χ3n) is 3.23. The van der Waals surface area contributed by atoms with Gasteiger partial charge in [0.25, 0.3) is 0 Å². The largest absolute Gasteiger partial charge is 0.465 e. The first kappa shape index (κ1) is 17.1. The molecule has 0 aromatic carbocycles. The molecule has 21 heavy (non-hydrogen) atoms. The molecule has 116 valence electrons. The van der Waals surface area contributed by atoms with Crippen molar-refractivity contribution in [2.24, 2.45) is 5.41 Å². The van der Waals surface area contributed by atoms with E-state index in [9.17, 15) is 14.0 Å². The highest BCUT2D eigenvalue weighted by atomic mass is 19.1. The standard InChI is InChI=1S/C15H20FNO4/c1-4-15(13(18)20-5-2,14(19)21-6-3)9-11-7-8-12(16)17-10-11/h7-8,10H,4-6,9H2,1-3H3. The quantitative estimate of drug-likeness (QED) is 0.439. The highest BCUT2D eigenvalue weighted by Gasteiger charge is 2.47. The lowest BCUT2D eigenvalue weighted by Crippen LogP contribution is -2.43. The topological polar surface area (TPSA) is 65.5 Å². The number of esters is 2. The summed E-state index contributed by atoms with van der Waals surface area (Å²) >= 11 is 0. The van der Waals surface area contributed by atoms with E-state index in [1.165, 1.54) is 18.3 Å². The molecule has 0 aliphatic carbocycles. The third kappa shape index (κ3) is 4.00. The van der Waals surface area contributed by atoms with Gasteiger partial charge in [0.1, 0.15) is 0 Å². The second-order valence-corrected chi connectivity index (χ2v) is 4.54. The predicted octanol–water partition coefficient (Wildman–Crippen LogP) is 2.29. The summed E-state index contributed by atoms with van der Waals surface area (Å²) in [6.45, 7) is 5.39. The molecule has 1 heterocycles. The lowest BCUT2D eigenvalue weighted by Gasteiger charge is -2.27. The van der Waals surface area contributed by atoms with Crippen LogP contribution in [0.5, 0.6) is 0 Å². The minimum atomic E-state index is -1.43. The zero-order chi connectivity index (χ0) is 15.9. The Labute approximate surface area is 123 Å². The van der Waals surface area contributed by atoms with E-state index in [-0.39, 0.29) is 26.1 Å². The Kier molecular flexibility index (Phi) is 6.27. The summed E-state index contributed by atoms with van der Waals surface area (Å²) < 4.78 is 22.9. The van der Waals surface area contributed by atoms with E-state index in [1.807, 2.05) is 0 Å². The summed E-state index contributed by atoms with van der Waals surface area (Å²) in [5.41, 5.74) is -0.856. The predicted molar refractivity (Wildman–Crippen MR) is 73.9 cm³/mol. The van der Waals surface area contributed by atoms with Gasteiger partial charge in [-0.2, -0.15) is 4.39 Å². The highest BCUT2D eigenvalue weighted by Crippen LogP contribution is 2.31. The fourth-order valence-corrected chi connectivity index (χ4v) is 2.04. The van der Waals surface area contributed by atoms with E-state index in [1.54, 1.807) is 20.8 Å². The number of hydrogen-bond donors (Lipinski definition) is 0. The Hall–Kier alpha value is -1.98. The van der Waals surface area contributed by atoms with Gasteiger partial charge in [0.05, 0.1) is 13.2 Å². The first-order valence-electron chi connectivity index (χ1n) is 6.95. The van der Waals surface area contributed by atoms with Crippen LogP contribution in [0.25, 0.3) is 0 Å². The maximum atomic E-state index is 12.9. The van der Waals surface area contributed by atoms with Crippen LogP contribution in [0.15, 0.2) is 18.3 Å². The number of carbonyl (C=O) groups is 2. The third-order valence-corrected chi connectivity index (χ3v) is 3.23. The van der Waals surface area contributed by atoms with Crippen LogP contribution >= 0.6 is 0 Å². The molecule has 6 heteroatoms. The van der Waals surface area contributed by atoms with Crippen LogP contribution in [0, 0.1) is 11.4 Å². The molecule has 0 saturated carbocycles. The average Bonchev–Trinajstić information content (AvgIpc) is 2.47. The van der Waals surface area contributed by atoms with Gasteiger partial charge in [0, 0.05) is 12.6 Å². The van der Waals surface area contributed by atoms with Crippen molar-refractivity contribution in [3.05, 3.63) is 29.8 Å². The summed E-state index contributed by atoms with van der Waals surface area (Å²) in [6.07, 6.45) is 1.59. The molecule has 0 N–H and O–H groups in total. The van der Waals surface area contributed by atoms with Gasteiger partial charge in [-0.1, -0.05) is 13.0 Å². The van der Waals surface area contributed by atoms with Crippen molar-refractivity contribution >= 4 is 11.9 Å². The summed E-state index contributed by atoms with van der Waals surface area (Å²) in [6, 6.07) is 2.68. The molecule has 0 radical (unpaired) electrons. The molecule has 1 aromatic rings. The zero-order valence-electron chi connectivity index (χ0n) is 12.5. The number of ether oxygens (including phenoxy) is 2. The lowest BCUT2D eigenvalue weighted by molar-refractivity contribution is -0.172. The molecule has 0 aliphatic rings. The summed E-state index contributed by atoms with van der Waals surface area (Å²) in [5, 5.41) is 0. The Morgan fingerprint density at radius 3 is 2.10 bits per heavy atom. The van der Waals surface area contributed by atoms with Crippen LogP contribution in [-0.4, -0.2) is 30.1 Å². The SMILES string of the molecule is CCOC(=O)C(CC)(Cc1ccc(F)nc1)C(=O)OCC. The molecule has 5 nitrogen and oxygen atoms in total. The Balaban J connectivity index is 3.12. The highest BCUT2D eigenvalue weighted by molar-refractivity contribution is 6.00. The van der Waals surface area contributed by atoms with E-state index in [0.29, 0.717) is 5.56 Å². The second-order valence-electron chi connectivity index (χ2n) is 4.54. The Morgan fingerprint density at radius 2 is 1.71 bits per heavy atom. The first-order valence-corrected chi connectivity index (χ1v) is 6.95. The van der Waals surface area contributed by atoms with E-state index in [0.717, 1.165) is 0 Å². The average molecular weight is 297 g/mol. The van der Waals surface area contributed by atoms with Crippen LogP contribution in [0.4, 0.5) is 4.39 Å². The Bertz CT molecular complexity index is 469. The molecule has 0 fully saturated rings. The molecule has 0 amide bonds. The number of rotatable bonds is 7. The van der Waals surface area contributed by atoms with E-state index in [2.05, 4.69) is 4.98 Å². The van der Waals surface area contributed by atoms with Gasteiger partial charge in [-0.15, -0.1) is 0 Å². The van der Waals surface area contributed by atoms with Crippen LogP contribution < -0.4 is 0 Å². The van der Waals surface area contributed by atoms with Crippen molar-refractivity contribution in [2.75, 3.05) is 13.2 Å². The van der Waals surface area contributed by atoms with Gasteiger partial charge in [-0.05, 0) is 31.9 Å². The summed E-state index contributed by atoms with van der Waals surface area (Å²) in [4.78, 5) is 28.1. The van der Waals surface area contributed by atoms with Crippen LogP contribution in [-0.2, 0) is 25.5 Å². The van der Waals surface area contributed by atoms with Crippen molar-refractivity contribution in [2.45, 2.75) is 33.6 Å². The van der Waals surface area contributed by atoms with Gasteiger partial charge in [-0.25, -0.2) is 4.98 Å². The number of hydrogen-bond acceptors (Lipinski definition) is 5. The molecule has 0 atom stereocenters. The van der Waals surface area contributed by atoms with Crippen molar-refractivity contribution in [1.29, 1.82) is 0 Å². The molecular formula is C15H20FNO4. The molecule has 0 unspecified atom stereocenters. The molecule has 0 aliphatic heterocycles. The molecular weight excluding hydrogens is 277 g/mol. The van der Waals surface area contributed by atoms with Crippen LogP contribution in [0.3, 0.4) is 0 Å². The maximum Gasteiger partial charge on any atom is 0.323 e. The van der Waals surface area contributed by atoms with Gasteiger partial charge in [0.15, 0.2) is 5.41 Å². The zero-order valence-corrected chi connectivity index (χ0v) is 12.5. The van der Waals surface area contributed by atoms with Crippen LogP contribution in [0.1, 0.15) is 32.8 Å². The normalized spacial score (nSPS) is 11.0. The van der Waals surface area contributed by atoms with Gasteiger partial charge >= 0.3 is 11.9 Å². The number of pyridine rings is 1. The number of carbonyl (C=O) groups excluding carboxylic acids is 2. The molecule has 0 bridgehead atoms. The minimum Gasteiger partial charge on any atom is -0.465 e. The van der Waals surface area contributed by atoms with Crippen molar-refractivity contribution in [3.8, 4) is 0 Å². The molecule has 0 saturated heterocycles. The van der Waals surface area contributed by atoms with E-state index >= 15 is 0 Å². The summed E-state index contributed by atoms with van der Waals surface area (Å²) in [7, 11) is 0. The van der Waals surface area contributed by atoms with Crippen molar-refractivity contribution < 1.29 is 23.5 Å². The van der Waals surface area contributed by atoms with Crippen molar-refractivity contribution in [1.82, 2.24) is 4.98 Å². The van der Waals surface area contributed by atoms with Gasteiger partial charge in [-0.3, -0.25) is 9.59 Å². The first-order chi connectivity index (χ1) is 10.00. The van der Waals surface area contributed by atoms with Crippen LogP contribution in [0.2, 0.25) is 0 Å². The maximum absolute atomic E-state index is 12.9. The number of aromatic nitrogens is 1.